The van der Waals surface area contributed by atoms with E-state index in [0.29, 0.717) is 6.04 Å². The Bertz CT molecular complexity index is 763. The molecular formula is C18H23ClN4OS. The first-order chi connectivity index (χ1) is 12.0. The number of halogens is 1. The molecule has 4 heterocycles. The van der Waals surface area contributed by atoms with Crippen LogP contribution in [0.1, 0.15) is 41.8 Å². The molecular weight excluding hydrogens is 356 g/mol. The van der Waals surface area contributed by atoms with E-state index in [4.69, 9.17) is 16.3 Å². The van der Waals surface area contributed by atoms with E-state index in [2.05, 4.69) is 28.3 Å². The van der Waals surface area contributed by atoms with Gasteiger partial charge in [-0.1, -0.05) is 11.6 Å². The molecule has 5 nitrogen and oxygen atoms in total. The lowest BCUT2D eigenvalue weighted by Gasteiger charge is -2.46. The topological polar surface area (TPSA) is 50.3 Å². The van der Waals surface area contributed by atoms with Crippen LogP contribution < -0.4 is 10.2 Å². The number of rotatable bonds is 2. The SMILES string of the molecule is CC1CC2(CC(c3cnc(N(C)C)nc3)N1)OCCc1cc(Cl)sc12. The molecule has 25 heavy (non-hydrogen) atoms. The zero-order valence-corrected chi connectivity index (χ0v) is 16.3. The Labute approximate surface area is 157 Å². The highest BCUT2D eigenvalue weighted by molar-refractivity contribution is 7.16. The van der Waals surface area contributed by atoms with Crippen LogP contribution in [0, 0.1) is 0 Å². The normalized spacial score (nSPS) is 28.8. The van der Waals surface area contributed by atoms with Crippen molar-refractivity contribution in [3.8, 4) is 0 Å². The van der Waals surface area contributed by atoms with Gasteiger partial charge in [0.15, 0.2) is 0 Å². The van der Waals surface area contributed by atoms with E-state index in [9.17, 15) is 0 Å². The van der Waals surface area contributed by atoms with E-state index in [1.165, 1.54) is 10.4 Å². The molecule has 0 saturated carbocycles. The number of aromatic nitrogens is 2. The van der Waals surface area contributed by atoms with Crippen molar-refractivity contribution >= 4 is 28.9 Å². The van der Waals surface area contributed by atoms with Gasteiger partial charge in [-0.05, 0) is 31.4 Å². The van der Waals surface area contributed by atoms with Gasteiger partial charge in [-0.2, -0.15) is 0 Å². The third-order valence-electron chi connectivity index (χ3n) is 5.06. The quantitative estimate of drug-likeness (QED) is 0.866. The molecule has 4 rings (SSSR count). The molecule has 2 aromatic rings. The van der Waals surface area contributed by atoms with Crippen molar-refractivity contribution < 1.29 is 4.74 Å². The van der Waals surface area contributed by atoms with Gasteiger partial charge in [-0.3, -0.25) is 0 Å². The fraction of sp³-hybridized carbons (Fsp3) is 0.556. The summed E-state index contributed by atoms with van der Waals surface area (Å²) < 4.78 is 7.25. The second-order valence-corrected chi connectivity index (χ2v) is 8.92. The Hall–Kier alpha value is -1.21. The molecule has 0 aromatic carbocycles. The van der Waals surface area contributed by atoms with Crippen LogP contribution in [0.2, 0.25) is 4.34 Å². The summed E-state index contributed by atoms with van der Waals surface area (Å²) >= 11 is 7.99. The van der Waals surface area contributed by atoms with E-state index in [1.54, 1.807) is 11.3 Å². The van der Waals surface area contributed by atoms with Crippen LogP contribution in [-0.4, -0.2) is 36.7 Å². The van der Waals surface area contributed by atoms with Crippen LogP contribution in [0.5, 0.6) is 0 Å². The van der Waals surface area contributed by atoms with Gasteiger partial charge in [0, 0.05) is 55.4 Å². The van der Waals surface area contributed by atoms with Gasteiger partial charge >= 0.3 is 0 Å². The maximum absolute atomic E-state index is 6.39. The molecule has 0 aliphatic carbocycles. The Morgan fingerprint density at radius 3 is 2.80 bits per heavy atom. The second-order valence-electron chi connectivity index (χ2n) is 7.24. The minimum atomic E-state index is -0.249. The Morgan fingerprint density at radius 2 is 2.08 bits per heavy atom. The largest absolute Gasteiger partial charge is 0.369 e. The van der Waals surface area contributed by atoms with Gasteiger partial charge < -0.3 is 15.0 Å². The molecule has 1 spiro atoms. The van der Waals surface area contributed by atoms with E-state index in [0.717, 1.165) is 41.7 Å². The van der Waals surface area contributed by atoms with Crippen molar-refractivity contribution in [1.29, 1.82) is 0 Å². The minimum absolute atomic E-state index is 0.173. The molecule has 134 valence electrons. The summed E-state index contributed by atoms with van der Waals surface area (Å²) in [6.45, 7) is 2.98. The first kappa shape index (κ1) is 17.2. The first-order valence-electron chi connectivity index (χ1n) is 8.65. The smallest absolute Gasteiger partial charge is 0.224 e. The van der Waals surface area contributed by atoms with Crippen molar-refractivity contribution in [2.75, 3.05) is 25.6 Å². The highest BCUT2D eigenvalue weighted by atomic mass is 35.5. The summed E-state index contributed by atoms with van der Waals surface area (Å²) in [5.41, 5.74) is 2.21. The highest BCUT2D eigenvalue weighted by Crippen LogP contribution is 2.49. The summed E-state index contributed by atoms with van der Waals surface area (Å²) in [5.74, 6) is 0.726. The number of anilines is 1. The van der Waals surface area contributed by atoms with Crippen molar-refractivity contribution in [2.24, 2.45) is 0 Å². The maximum Gasteiger partial charge on any atom is 0.224 e. The molecule has 1 fully saturated rings. The number of nitrogens with zero attached hydrogens (tertiary/aromatic N) is 3. The molecule has 0 radical (unpaired) electrons. The van der Waals surface area contributed by atoms with Gasteiger partial charge in [0.2, 0.25) is 5.95 Å². The van der Waals surface area contributed by atoms with E-state index in [1.807, 2.05) is 31.4 Å². The van der Waals surface area contributed by atoms with Crippen LogP contribution >= 0.6 is 22.9 Å². The maximum atomic E-state index is 6.39. The van der Waals surface area contributed by atoms with Gasteiger partial charge in [0.25, 0.3) is 0 Å². The summed E-state index contributed by atoms with van der Waals surface area (Å²) in [5, 5.41) is 3.69. The van der Waals surface area contributed by atoms with Gasteiger partial charge in [0.05, 0.1) is 10.9 Å². The van der Waals surface area contributed by atoms with Crippen molar-refractivity contribution in [3.63, 3.8) is 0 Å². The Kier molecular flexibility index (Phi) is 4.48. The van der Waals surface area contributed by atoms with Crippen molar-refractivity contribution in [3.05, 3.63) is 38.8 Å². The lowest BCUT2D eigenvalue weighted by molar-refractivity contribution is -0.0954. The fourth-order valence-electron chi connectivity index (χ4n) is 4.02. The molecule has 0 bridgehead atoms. The monoisotopic (exact) mass is 378 g/mol. The first-order valence-corrected chi connectivity index (χ1v) is 9.84. The zero-order chi connectivity index (χ0) is 17.6. The number of nitrogens with one attached hydrogen (secondary N) is 1. The number of hydrogen-bond donors (Lipinski definition) is 1. The lowest BCUT2D eigenvalue weighted by atomic mass is 9.78. The average molecular weight is 379 g/mol. The van der Waals surface area contributed by atoms with Crippen LogP contribution in [0.4, 0.5) is 5.95 Å². The summed E-state index contributed by atoms with van der Waals surface area (Å²) in [7, 11) is 3.89. The number of hydrogen-bond acceptors (Lipinski definition) is 6. The lowest BCUT2D eigenvalue weighted by Crippen LogP contribution is -2.49. The summed E-state index contributed by atoms with van der Waals surface area (Å²) in [6, 6.07) is 2.63. The molecule has 1 N–H and O–H groups in total. The molecule has 0 amide bonds. The van der Waals surface area contributed by atoms with Crippen molar-refractivity contribution in [2.45, 2.75) is 43.9 Å². The predicted molar refractivity (Wildman–Crippen MR) is 102 cm³/mol. The standard InChI is InChI=1S/C18H23ClN4OS/c1-11-7-18(16-12(4-5-24-18)6-15(19)25-16)8-14(22-11)13-9-20-17(21-10-13)23(2)3/h6,9-11,14,22H,4-5,7-8H2,1-3H3. The molecule has 3 atom stereocenters. The van der Waals surface area contributed by atoms with E-state index < -0.39 is 0 Å². The second kappa shape index (κ2) is 6.50. The van der Waals surface area contributed by atoms with Crippen LogP contribution in [0.15, 0.2) is 18.5 Å². The number of ether oxygens (including phenoxy) is 1. The predicted octanol–water partition coefficient (Wildman–Crippen LogP) is 3.54. The average Bonchev–Trinajstić information content (AvgIpc) is 2.96. The molecule has 1 saturated heterocycles. The van der Waals surface area contributed by atoms with E-state index in [-0.39, 0.29) is 11.6 Å². The number of piperidine rings is 1. The van der Waals surface area contributed by atoms with E-state index >= 15 is 0 Å². The Balaban J connectivity index is 1.66. The summed E-state index contributed by atoms with van der Waals surface area (Å²) in [4.78, 5) is 12.2. The Morgan fingerprint density at radius 1 is 1.32 bits per heavy atom. The van der Waals surface area contributed by atoms with Crippen molar-refractivity contribution in [1.82, 2.24) is 15.3 Å². The molecule has 2 aliphatic heterocycles. The van der Waals surface area contributed by atoms with Crippen LogP contribution in [0.25, 0.3) is 0 Å². The number of thiophene rings is 1. The highest BCUT2D eigenvalue weighted by Gasteiger charge is 2.46. The molecule has 7 heteroatoms. The summed E-state index contributed by atoms with van der Waals surface area (Å²) in [6.07, 6.45) is 6.65. The third kappa shape index (κ3) is 3.16. The van der Waals surface area contributed by atoms with Crippen LogP contribution in [0.3, 0.4) is 0 Å². The number of fused-ring (bicyclic) bond motifs is 2. The molecule has 2 aliphatic rings. The zero-order valence-electron chi connectivity index (χ0n) is 14.8. The molecule has 2 aromatic heterocycles. The van der Waals surface area contributed by atoms with Gasteiger partial charge in [0.1, 0.15) is 5.60 Å². The van der Waals surface area contributed by atoms with Gasteiger partial charge in [-0.15, -0.1) is 11.3 Å². The fourth-order valence-corrected chi connectivity index (χ4v) is 5.48. The van der Waals surface area contributed by atoms with Gasteiger partial charge in [-0.25, -0.2) is 9.97 Å². The van der Waals surface area contributed by atoms with Crippen LogP contribution in [-0.2, 0) is 16.8 Å². The minimum Gasteiger partial charge on any atom is -0.369 e. The third-order valence-corrected chi connectivity index (χ3v) is 6.55. The molecule has 3 unspecified atom stereocenters.